The number of fused-ring (bicyclic) bond motifs is 4. The minimum Gasteiger partial charge on any atom is -0.476 e. The molecule has 7 aliphatic rings. The number of carbonyl (C=O) groups excluding carboxylic acids is 1. The van der Waals surface area contributed by atoms with E-state index < -0.39 is 29.9 Å². The van der Waals surface area contributed by atoms with Gasteiger partial charge in [-0.2, -0.15) is 0 Å². The molecule has 2 heterocycles. The minimum atomic E-state index is -1.24. The third-order valence-electron chi connectivity index (χ3n) is 15.0. The van der Waals surface area contributed by atoms with Gasteiger partial charge in [0.2, 0.25) is 0 Å². The summed E-state index contributed by atoms with van der Waals surface area (Å²) in [6.45, 7) is 18.2. The Hall–Kier alpha value is -1.22. The van der Waals surface area contributed by atoms with Crippen molar-refractivity contribution in [2.45, 2.75) is 143 Å². The summed E-state index contributed by atoms with van der Waals surface area (Å²) < 4.78 is 19.1. The van der Waals surface area contributed by atoms with Crippen LogP contribution in [0.3, 0.4) is 0 Å². The highest BCUT2D eigenvalue weighted by atomic mass is 16.6. The van der Waals surface area contributed by atoms with Crippen molar-refractivity contribution in [2.24, 2.45) is 55.7 Å². The number of carbonyl (C=O) groups is 1. The van der Waals surface area contributed by atoms with Crippen LogP contribution in [0, 0.1) is 50.7 Å². The quantitative estimate of drug-likeness (QED) is 0.396. The van der Waals surface area contributed by atoms with Gasteiger partial charge in [0.1, 0.15) is 6.10 Å². The largest absolute Gasteiger partial charge is 0.476 e. The zero-order valence-corrected chi connectivity index (χ0v) is 27.7. The summed E-state index contributed by atoms with van der Waals surface area (Å²) in [5.74, 6) is 2.05. The Morgan fingerprint density at radius 2 is 1.79 bits per heavy atom. The summed E-state index contributed by atoms with van der Waals surface area (Å²) in [6, 6.07) is 0. The molecule has 0 bridgehead atoms. The molecule has 6 fully saturated rings. The number of hydrogen-bond donors (Lipinski definition) is 3. The number of aliphatic hydroxyl groups excluding tert-OH is 1. The van der Waals surface area contributed by atoms with E-state index in [0.717, 1.165) is 31.7 Å². The van der Waals surface area contributed by atoms with Crippen LogP contribution in [0.25, 0.3) is 0 Å². The fraction of sp³-hybridized carbons (Fsp3) is 0.943. The van der Waals surface area contributed by atoms with E-state index in [4.69, 9.17) is 14.2 Å². The molecule has 8 heteroatoms. The maximum Gasteiger partial charge on any atom is 0.303 e. The average molecular weight is 601 g/mol. The number of aliphatic imine (C=N–C) groups is 1. The number of ether oxygens (including phenoxy) is 3. The molecule has 2 spiro atoms. The highest BCUT2D eigenvalue weighted by molar-refractivity contribution is 5.79. The van der Waals surface area contributed by atoms with Crippen molar-refractivity contribution in [3.63, 3.8) is 0 Å². The van der Waals surface area contributed by atoms with E-state index in [-0.39, 0.29) is 45.7 Å². The first-order valence-electron chi connectivity index (χ1n) is 17.2. The monoisotopic (exact) mass is 600 g/mol. The highest BCUT2D eigenvalue weighted by Gasteiger charge is 2.84. The van der Waals surface area contributed by atoms with Gasteiger partial charge in [0, 0.05) is 17.8 Å². The fourth-order valence-electron chi connectivity index (χ4n) is 13.2. The second kappa shape index (κ2) is 9.42. The smallest absolute Gasteiger partial charge is 0.303 e. The highest BCUT2D eigenvalue weighted by Crippen LogP contribution is 2.89. The third kappa shape index (κ3) is 3.88. The molecule has 5 saturated carbocycles. The molecule has 4 unspecified atom stereocenters. The number of rotatable bonds is 4. The molecule has 0 aromatic heterocycles. The van der Waals surface area contributed by atoms with Crippen molar-refractivity contribution < 1.29 is 29.2 Å². The number of nitrogens with one attached hydrogen (secondary N) is 1. The SMILES string of the molecule is CC(=O)O[C@@H](C1C[C@@H](C)[C@H]2C(O1)[C@H](O)[C@@]1(C)C3CC[C@H]4C(C)(C)C(OC5=NCNC5)CC[C@@]45C[C@@]35CC[C@]21C)C(C)(C)O. The van der Waals surface area contributed by atoms with Crippen LogP contribution in [-0.4, -0.2) is 71.4 Å². The molecule has 7 rings (SSSR count). The molecule has 242 valence electrons. The molecule has 0 aromatic rings. The van der Waals surface area contributed by atoms with Crippen LogP contribution in [0.1, 0.15) is 107 Å². The third-order valence-corrected chi connectivity index (χ3v) is 15.0. The molecule has 2 aliphatic heterocycles. The number of hydrogen-bond acceptors (Lipinski definition) is 8. The van der Waals surface area contributed by atoms with Gasteiger partial charge in [-0.05, 0) is 105 Å². The lowest BCUT2D eigenvalue weighted by Crippen LogP contribution is -2.60. The molecular formula is C35H56N2O6. The topological polar surface area (TPSA) is 110 Å². The van der Waals surface area contributed by atoms with E-state index in [9.17, 15) is 15.0 Å². The molecule has 0 aromatic carbocycles. The van der Waals surface area contributed by atoms with Gasteiger partial charge in [0.25, 0.3) is 0 Å². The van der Waals surface area contributed by atoms with Gasteiger partial charge in [0.05, 0.1) is 37.1 Å². The van der Waals surface area contributed by atoms with Crippen LogP contribution in [0.5, 0.6) is 0 Å². The summed E-state index contributed by atoms with van der Waals surface area (Å²) in [5.41, 5.74) is -0.845. The normalized spacial score (nSPS) is 52.0. The summed E-state index contributed by atoms with van der Waals surface area (Å²) in [7, 11) is 0. The summed E-state index contributed by atoms with van der Waals surface area (Å²) in [4.78, 5) is 16.6. The van der Waals surface area contributed by atoms with Crippen LogP contribution in [0.15, 0.2) is 4.99 Å². The van der Waals surface area contributed by atoms with Gasteiger partial charge in [-0.3, -0.25) is 10.1 Å². The lowest BCUT2D eigenvalue weighted by Gasteiger charge is -2.63. The van der Waals surface area contributed by atoms with Crippen LogP contribution in [0.2, 0.25) is 0 Å². The maximum absolute atomic E-state index is 12.5. The molecule has 5 aliphatic carbocycles. The van der Waals surface area contributed by atoms with E-state index in [1.165, 1.54) is 32.6 Å². The lowest BCUT2D eigenvalue weighted by atomic mass is 9.41. The predicted molar refractivity (Wildman–Crippen MR) is 163 cm³/mol. The van der Waals surface area contributed by atoms with Crippen molar-refractivity contribution in [3.8, 4) is 0 Å². The van der Waals surface area contributed by atoms with Crippen molar-refractivity contribution in [3.05, 3.63) is 0 Å². The number of aliphatic hydroxyl groups is 2. The molecule has 0 radical (unpaired) electrons. The molecular weight excluding hydrogens is 544 g/mol. The molecule has 43 heavy (non-hydrogen) atoms. The van der Waals surface area contributed by atoms with Gasteiger partial charge in [-0.25, -0.2) is 4.99 Å². The van der Waals surface area contributed by atoms with Crippen molar-refractivity contribution in [1.82, 2.24) is 5.32 Å². The number of esters is 1. The Balaban J connectivity index is 1.18. The van der Waals surface area contributed by atoms with E-state index in [0.29, 0.717) is 30.3 Å². The van der Waals surface area contributed by atoms with Crippen LogP contribution in [0.4, 0.5) is 0 Å². The Bertz CT molecular complexity index is 1200. The Labute approximate surface area is 258 Å². The van der Waals surface area contributed by atoms with Gasteiger partial charge in [-0.15, -0.1) is 0 Å². The lowest BCUT2D eigenvalue weighted by molar-refractivity contribution is -0.216. The molecule has 0 amide bonds. The van der Waals surface area contributed by atoms with Crippen molar-refractivity contribution in [1.29, 1.82) is 0 Å². The van der Waals surface area contributed by atoms with Crippen molar-refractivity contribution in [2.75, 3.05) is 13.2 Å². The second-order valence-corrected chi connectivity index (χ2v) is 17.5. The first kappa shape index (κ1) is 30.4. The Morgan fingerprint density at radius 1 is 1.09 bits per heavy atom. The standard InChI is InChI=1S/C35H56N2O6/c1-19-15-21(29(31(5,6)40)41-20(2)38)42-27-26(19)32(7)13-14-35-17-34(35)12-11-24(43-25-16-36-18-37-25)30(3,4)22(34)9-10-23(35)33(32,8)28(27)39/h19,21-24,26-29,36,39-40H,9-18H2,1-8H3/t19-,21?,22+,23?,24?,26+,27?,28+,29+,32-,33-,34-,35+/m1/s1. The minimum absolute atomic E-state index is 0.0386. The van der Waals surface area contributed by atoms with Gasteiger partial charge in [-0.1, -0.05) is 34.6 Å². The first-order valence-corrected chi connectivity index (χ1v) is 17.2. The van der Waals surface area contributed by atoms with Gasteiger partial charge < -0.3 is 24.4 Å². The van der Waals surface area contributed by atoms with E-state index in [1.807, 2.05) is 0 Å². The summed E-state index contributed by atoms with van der Waals surface area (Å²) >= 11 is 0. The summed E-state index contributed by atoms with van der Waals surface area (Å²) in [6.07, 6.45) is 7.03. The van der Waals surface area contributed by atoms with Gasteiger partial charge in [0.15, 0.2) is 12.0 Å². The Kier molecular flexibility index (Phi) is 6.67. The molecule has 1 saturated heterocycles. The molecule has 3 N–H and O–H groups in total. The van der Waals surface area contributed by atoms with Crippen LogP contribution >= 0.6 is 0 Å². The van der Waals surface area contributed by atoms with E-state index >= 15 is 0 Å². The predicted octanol–water partition coefficient (Wildman–Crippen LogP) is 4.85. The Morgan fingerprint density at radius 3 is 2.44 bits per heavy atom. The molecule has 8 nitrogen and oxygen atoms in total. The maximum atomic E-state index is 12.5. The van der Waals surface area contributed by atoms with E-state index in [2.05, 4.69) is 44.9 Å². The van der Waals surface area contributed by atoms with Crippen LogP contribution < -0.4 is 5.32 Å². The zero-order chi connectivity index (χ0) is 31.0. The number of nitrogens with zero attached hydrogens (tertiary/aromatic N) is 1. The fourth-order valence-corrected chi connectivity index (χ4v) is 13.2. The first-order chi connectivity index (χ1) is 20.0. The average Bonchev–Trinajstić information content (AvgIpc) is 3.19. The van der Waals surface area contributed by atoms with Gasteiger partial charge >= 0.3 is 5.97 Å². The summed E-state index contributed by atoms with van der Waals surface area (Å²) in [5, 5.41) is 26.7. The second-order valence-electron chi connectivity index (χ2n) is 17.5. The van der Waals surface area contributed by atoms with Crippen molar-refractivity contribution >= 4 is 11.9 Å². The zero-order valence-electron chi connectivity index (χ0n) is 27.7. The van der Waals surface area contributed by atoms with E-state index in [1.54, 1.807) is 13.8 Å². The van der Waals surface area contributed by atoms with Crippen LogP contribution in [-0.2, 0) is 19.0 Å². The molecule has 13 atom stereocenters.